The number of aromatic nitrogens is 1. The van der Waals surface area contributed by atoms with E-state index in [1.165, 1.54) is 63.6 Å². The van der Waals surface area contributed by atoms with Gasteiger partial charge in [0.25, 0.3) is 0 Å². The summed E-state index contributed by atoms with van der Waals surface area (Å²) in [6.07, 6.45) is 17.2. The number of hydrogen-bond donors (Lipinski definition) is 0. The second kappa shape index (κ2) is 15.0. The van der Waals surface area contributed by atoms with Crippen LogP contribution in [-0.4, -0.2) is 35.5 Å². The number of benzene rings is 1. The number of piperidine rings is 1. The maximum Gasteiger partial charge on any atom is 0.311 e. The SMILES string of the molecule is CCCCCC(C)CCc1cc(OC(=O)CCCCN2CCCCC2)c2c(c1)OC(C)(C)c1ccncc1-2.Cl. The van der Waals surface area contributed by atoms with Crippen LogP contribution in [0.4, 0.5) is 0 Å². The van der Waals surface area contributed by atoms with Crippen LogP contribution in [0.3, 0.4) is 0 Å². The van der Waals surface area contributed by atoms with Gasteiger partial charge in [-0.05, 0) is 102 Å². The first kappa shape index (κ1) is 31.4. The van der Waals surface area contributed by atoms with Crippen LogP contribution in [0.5, 0.6) is 11.5 Å². The number of nitrogens with zero attached hydrogens (tertiary/aromatic N) is 2. The van der Waals surface area contributed by atoms with Gasteiger partial charge in [-0.3, -0.25) is 9.78 Å². The van der Waals surface area contributed by atoms with Crippen molar-refractivity contribution in [3.63, 3.8) is 0 Å². The van der Waals surface area contributed by atoms with E-state index in [1.54, 1.807) is 6.20 Å². The van der Waals surface area contributed by atoms with Crippen LogP contribution in [0.25, 0.3) is 11.1 Å². The third-order valence-electron chi connectivity index (χ3n) is 8.23. The minimum atomic E-state index is -0.479. The zero-order valence-electron chi connectivity index (χ0n) is 24.6. The third-order valence-corrected chi connectivity index (χ3v) is 8.23. The molecule has 0 bridgehead atoms. The van der Waals surface area contributed by atoms with Crippen LogP contribution in [0.2, 0.25) is 0 Å². The fourth-order valence-electron chi connectivity index (χ4n) is 5.93. The molecule has 2 aliphatic heterocycles. The summed E-state index contributed by atoms with van der Waals surface area (Å²) in [5, 5.41) is 0. The highest BCUT2D eigenvalue weighted by molar-refractivity contribution is 5.85. The highest BCUT2D eigenvalue weighted by atomic mass is 35.5. The van der Waals surface area contributed by atoms with Gasteiger partial charge in [-0.1, -0.05) is 46.0 Å². The topological polar surface area (TPSA) is 51.7 Å². The molecule has 0 N–H and O–H groups in total. The molecule has 5 nitrogen and oxygen atoms in total. The molecule has 1 atom stereocenters. The summed E-state index contributed by atoms with van der Waals surface area (Å²) in [7, 11) is 0. The van der Waals surface area contributed by atoms with Gasteiger partial charge in [0.2, 0.25) is 0 Å². The third kappa shape index (κ3) is 8.69. The summed E-state index contributed by atoms with van der Waals surface area (Å²) in [5.74, 6) is 1.92. The predicted molar refractivity (Wildman–Crippen MR) is 162 cm³/mol. The molecule has 1 unspecified atom stereocenters. The van der Waals surface area contributed by atoms with Gasteiger partial charge in [-0.2, -0.15) is 0 Å². The van der Waals surface area contributed by atoms with Crippen molar-refractivity contribution >= 4 is 18.4 Å². The number of unbranched alkanes of at least 4 members (excludes halogenated alkanes) is 3. The molecular weight excluding hydrogens is 508 g/mol. The minimum Gasteiger partial charge on any atom is -0.482 e. The predicted octanol–water partition coefficient (Wildman–Crippen LogP) is 8.51. The van der Waals surface area contributed by atoms with Crippen LogP contribution < -0.4 is 9.47 Å². The summed E-state index contributed by atoms with van der Waals surface area (Å²) >= 11 is 0. The van der Waals surface area contributed by atoms with Crippen molar-refractivity contribution in [1.29, 1.82) is 0 Å². The van der Waals surface area contributed by atoms with Gasteiger partial charge < -0.3 is 14.4 Å². The average Bonchev–Trinajstić information content (AvgIpc) is 2.90. The Bertz CT molecular complexity index is 1060. The molecule has 216 valence electrons. The lowest BCUT2D eigenvalue weighted by Gasteiger charge is -2.35. The van der Waals surface area contributed by atoms with E-state index in [-0.39, 0.29) is 18.4 Å². The summed E-state index contributed by atoms with van der Waals surface area (Å²) < 4.78 is 12.6. The number of likely N-dealkylation sites (tertiary alicyclic amines) is 1. The van der Waals surface area contributed by atoms with Gasteiger partial charge in [0, 0.05) is 29.9 Å². The van der Waals surface area contributed by atoms with E-state index < -0.39 is 5.60 Å². The van der Waals surface area contributed by atoms with Crippen LogP contribution in [0.15, 0.2) is 30.6 Å². The second-order valence-electron chi connectivity index (χ2n) is 12.0. The maximum atomic E-state index is 13.0. The van der Waals surface area contributed by atoms with Crippen molar-refractivity contribution in [3.05, 3.63) is 41.7 Å². The van der Waals surface area contributed by atoms with E-state index in [4.69, 9.17) is 9.47 Å². The molecule has 0 amide bonds. The summed E-state index contributed by atoms with van der Waals surface area (Å²) in [6, 6.07) is 6.24. The molecule has 3 heterocycles. The molecule has 39 heavy (non-hydrogen) atoms. The van der Waals surface area contributed by atoms with Gasteiger partial charge in [-0.25, -0.2) is 0 Å². The van der Waals surface area contributed by atoms with E-state index in [0.717, 1.165) is 54.7 Å². The van der Waals surface area contributed by atoms with Crippen LogP contribution in [-0.2, 0) is 16.8 Å². The van der Waals surface area contributed by atoms with Gasteiger partial charge in [0.15, 0.2) is 0 Å². The summed E-state index contributed by atoms with van der Waals surface area (Å²) in [4.78, 5) is 20.0. The van der Waals surface area contributed by atoms with Gasteiger partial charge in [0.1, 0.15) is 17.1 Å². The fourth-order valence-corrected chi connectivity index (χ4v) is 5.93. The van der Waals surface area contributed by atoms with Crippen molar-refractivity contribution in [3.8, 4) is 22.6 Å². The molecule has 0 radical (unpaired) electrons. The van der Waals surface area contributed by atoms with Crippen LogP contribution in [0.1, 0.15) is 109 Å². The van der Waals surface area contributed by atoms with E-state index in [2.05, 4.69) is 49.7 Å². The average molecular weight is 557 g/mol. The molecule has 0 aliphatic carbocycles. The Balaban J connectivity index is 0.00000420. The molecule has 0 spiro atoms. The molecule has 1 aromatic heterocycles. The lowest BCUT2D eigenvalue weighted by molar-refractivity contribution is -0.134. The van der Waals surface area contributed by atoms with Crippen molar-refractivity contribution in [2.24, 2.45) is 5.92 Å². The van der Waals surface area contributed by atoms with Crippen molar-refractivity contribution in [2.45, 2.75) is 110 Å². The fraction of sp³-hybridized carbons (Fsp3) is 0.636. The Morgan fingerprint density at radius 2 is 1.90 bits per heavy atom. The Morgan fingerprint density at radius 1 is 1.10 bits per heavy atom. The molecule has 4 rings (SSSR count). The van der Waals surface area contributed by atoms with E-state index in [1.807, 2.05) is 12.3 Å². The monoisotopic (exact) mass is 556 g/mol. The maximum absolute atomic E-state index is 13.0. The molecule has 0 saturated carbocycles. The molecule has 1 aromatic carbocycles. The molecule has 2 aliphatic rings. The lowest BCUT2D eigenvalue weighted by Crippen LogP contribution is -2.30. The first-order valence-corrected chi connectivity index (χ1v) is 15.1. The normalized spacial score (nSPS) is 16.8. The number of esters is 1. The number of aryl methyl sites for hydroxylation is 1. The Labute approximate surface area is 242 Å². The zero-order chi connectivity index (χ0) is 27.0. The molecule has 2 aromatic rings. The number of rotatable bonds is 13. The molecular formula is C33H49ClN2O3. The standard InChI is InChI=1S/C33H48N2O3.ClH/c1-5-6-8-13-25(2)15-16-26-22-29(37-31(36)14-9-12-21-35-19-10-7-11-20-35)32-27-24-34-18-17-28(27)33(3,4)38-30(32)23-26;/h17-18,22-25H,5-16,19-21H2,1-4H3;1H. The number of hydrogen-bond acceptors (Lipinski definition) is 5. The smallest absolute Gasteiger partial charge is 0.311 e. The van der Waals surface area contributed by atoms with Gasteiger partial charge >= 0.3 is 5.97 Å². The van der Waals surface area contributed by atoms with Gasteiger partial charge in [0.05, 0.1) is 5.56 Å². The number of carbonyl (C=O) groups excluding carboxylic acids is 1. The van der Waals surface area contributed by atoms with Gasteiger partial charge in [-0.15, -0.1) is 12.4 Å². The molecule has 6 heteroatoms. The zero-order valence-corrected chi connectivity index (χ0v) is 25.4. The quantitative estimate of drug-likeness (QED) is 0.141. The number of carbonyl (C=O) groups is 1. The Morgan fingerprint density at radius 3 is 2.67 bits per heavy atom. The molecule has 1 saturated heterocycles. The summed E-state index contributed by atoms with van der Waals surface area (Å²) in [5.41, 5.74) is 3.60. The first-order valence-electron chi connectivity index (χ1n) is 15.1. The van der Waals surface area contributed by atoms with E-state index in [9.17, 15) is 4.79 Å². The largest absolute Gasteiger partial charge is 0.482 e. The number of halogens is 1. The first-order chi connectivity index (χ1) is 18.4. The van der Waals surface area contributed by atoms with Crippen molar-refractivity contribution < 1.29 is 14.3 Å². The van der Waals surface area contributed by atoms with Crippen LogP contribution in [0, 0.1) is 5.92 Å². The Kier molecular flexibility index (Phi) is 12.1. The Hall–Kier alpha value is -2.11. The highest BCUT2D eigenvalue weighted by Crippen LogP contribution is 2.49. The number of ether oxygens (including phenoxy) is 2. The van der Waals surface area contributed by atoms with E-state index >= 15 is 0 Å². The number of pyridine rings is 1. The second-order valence-corrected chi connectivity index (χ2v) is 12.0. The van der Waals surface area contributed by atoms with Crippen molar-refractivity contribution in [2.75, 3.05) is 19.6 Å². The molecule has 1 fully saturated rings. The minimum absolute atomic E-state index is 0. The number of fused-ring (bicyclic) bond motifs is 3. The lowest BCUT2D eigenvalue weighted by atomic mass is 9.86. The van der Waals surface area contributed by atoms with Crippen LogP contribution >= 0.6 is 12.4 Å². The van der Waals surface area contributed by atoms with E-state index in [0.29, 0.717) is 18.1 Å². The summed E-state index contributed by atoms with van der Waals surface area (Å²) in [6.45, 7) is 12.3. The highest BCUT2D eigenvalue weighted by Gasteiger charge is 2.35. The van der Waals surface area contributed by atoms with Crippen molar-refractivity contribution in [1.82, 2.24) is 9.88 Å².